The molecule has 62 valence electrons. The van der Waals surface area contributed by atoms with E-state index in [0.717, 1.165) is 0 Å². The maximum atomic E-state index is 9.88. The molecule has 0 saturated heterocycles. The molecule has 0 aromatic rings. The lowest BCUT2D eigenvalue weighted by Crippen LogP contribution is -2.54. The zero-order chi connectivity index (χ0) is 8.58. The van der Waals surface area contributed by atoms with E-state index >= 15 is 0 Å². The van der Waals surface area contributed by atoms with Crippen LogP contribution >= 0.6 is 0 Å². The Morgan fingerprint density at radius 3 is 1.70 bits per heavy atom. The van der Waals surface area contributed by atoms with Crippen molar-refractivity contribution in [3.63, 3.8) is 0 Å². The van der Waals surface area contributed by atoms with Crippen LogP contribution in [-0.4, -0.2) is 39.6 Å². The van der Waals surface area contributed by atoms with E-state index in [2.05, 4.69) is 5.73 Å². The van der Waals surface area contributed by atoms with Crippen molar-refractivity contribution in [2.45, 2.75) is 11.3 Å². The van der Waals surface area contributed by atoms with Crippen LogP contribution < -0.4 is 5.73 Å². The van der Waals surface area contributed by atoms with Gasteiger partial charge in [-0.1, -0.05) is 0 Å². The SMILES string of the molecule is NC(O)(O)C(O)S(=O)(=O)O. The summed E-state index contributed by atoms with van der Waals surface area (Å²) in [5.41, 5.74) is 1.47. The van der Waals surface area contributed by atoms with E-state index in [9.17, 15) is 8.42 Å². The maximum Gasteiger partial charge on any atom is 0.299 e. The maximum absolute atomic E-state index is 9.88. The number of rotatable bonds is 2. The fraction of sp³-hybridized carbons (Fsp3) is 1.00. The number of aliphatic hydroxyl groups is 3. The Morgan fingerprint density at radius 2 is 1.70 bits per heavy atom. The molecule has 0 radical (unpaired) electrons. The van der Waals surface area contributed by atoms with Crippen molar-refractivity contribution < 1.29 is 28.3 Å². The molecule has 1 unspecified atom stereocenters. The molecule has 0 aromatic carbocycles. The Labute approximate surface area is 56.5 Å². The van der Waals surface area contributed by atoms with E-state index in [1.165, 1.54) is 0 Å². The third-order valence-electron chi connectivity index (χ3n) is 0.646. The van der Waals surface area contributed by atoms with Crippen molar-refractivity contribution in [3.05, 3.63) is 0 Å². The van der Waals surface area contributed by atoms with Gasteiger partial charge < -0.3 is 15.3 Å². The lowest BCUT2D eigenvalue weighted by molar-refractivity contribution is -0.197. The van der Waals surface area contributed by atoms with Crippen molar-refractivity contribution in [1.29, 1.82) is 0 Å². The van der Waals surface area contributed by atoms with Crippen molar-refractivity contribution in [2.75, 3.05) is 0 Å². The Hall–Kier alpha value is -0.250. The molecule has 0 amide bonds. The molecule has 0 aliphatic heterocycles. The predicted octanol–water partition coefficient (Wildman–Crippen LogP) is -3.21. The summed E-state index contributed by atoms with van der Waals surface area (Å²) in [5.74, 6) is -3.34. The second-order valence-corrected chi connectivity index (χ2v) is 3.13. The fourth-order valence-electron chi connectivity index (χ4n) is 0.219. The zero-order valence-corrected chi connectivity index (χ0v) is 5.48. The van der Waals surface area contributed by atoms with Crippen molar-refractivity contribution >= 4 is 10.1 Å². The highest BCUT2D eigenvalue weighted by atomic mass is 32.2. The molecule has 0 aromatic heterocycles. The first-order valence-electron chi connectivity index (χ1n) is 2.03. The van der Waals surface area contributed by atoms with Gasteiger partial charge in [0.2, 0.25) is 5.44 Å². The van der Waals surface area contributed by atoms with Crippen LogP contribution in [0.3, 0.4) is 0 Å². The summed E-state index contributed by atoms with van der Waals surface area (Å²) in [6, 6.07) is 0. The van der Waals surface area contributed by atoms with Gasteiger partial charge in [0, 0.05) is 0 Å². The van der Waals surface area contributed by atoms with Gasteiger partial charge >= 0.3 is 0 Å². The smallest absolute Gasteiger partial charge is 0.299 e. The van der Waals surface area contributed by atoms with E-state index < -0.39 is 21.5 Å². The van der Waals surface area contributed by atoms with Gasteiger partial charge in [-0.15, -0.1) is 0 Å². The van der Waals surface area contributed by atoms with Gasteiger partial charge in [0.1, 0.15) is 0 Å². The Balaban J connectivity index is 4.56. The number of aliphatic hydroxyl groups excluding tert-OH is 1. The van der Waals surface area contributed by atoms with Crippen LogP contribution in [0.15, 0.2) is 0 Å². The standard InChI is InChI=1S/C2H7NO6S/c3-2(5,6)1(4)10(7,8)9/h1,4-6H,3H2,(H,7,8,9). The Bertz CT molecular complexity index is 200. The molecule has 0 saturated carbocycles. The third-order valence-corrected chi connectivity index (χ3v) is 1.56. The van der Waals surface area contributed by atoms with Gasteiger partial charge in [-0.25, -0.2) is 0 Å². The summed E-state index contributed by atoms with van der Waals surface area (Å²) >= 11 is 0. The van der Waals surface area contributed by atoms with Crippen LogP contribution in [0.4, 0.5) is 0 Å². The molecule has 6 N–H and O–H groups in total. The Morgan fingerprint density at radius 1 is 1.40 bits per heavy atom. The normalized spacial score (nSPS) is 16.9. The monoisotopic (exact) mass is 173 g/mol. The average Bonchev–Trinajstić information content (AvgIpc) is 1.59. The Kier molecular flexibility index (Phi) is 2.36. The first-order valence-corrected chi connectivity index (χ1v) is 3.54. The molecular weight excluding hydrogens is 166 g/mol. The molecule has 8 heteroatoms. The second kappa shape index (κ2) is 2.42. The zero-order valence-electron chi connectivity index (χ0n) is 4.67. The molecule has 10 heavy (non-hydrogen) atoms. The van der Waals surface area contributed by atoms with Crippen LogP contribution in [0.5, 0.6) is 0 Å². The van der Waals surface area contributed by atoms with Crippen molar-refractivity contribution in [3.8, 4) is 0 Å². The van der Waals surface area contributed by atoms with E-state index in [-0.39, 0.29) is 0 Å². The summed E-state index contributed by atoms with van der Waals surface area (Å²) in [5, 5.41) is 24.6. The molecule has 0 aliphatic carbocycles. The highest BCUT2D eigenvalue weighted by Crippen LogP contribution is 2.04. The summed E-state index contributed by atoms with van der Waals surface area (Å²) in [6.07, 6.45) is 0. The van der Waals surface area contributed by atoms with Crippen LogP contribution in [-0.2, 0) is 10.1 Å². The highest BCUT2D eigenvalue weighted by molar-refractivity contribution is 7.86. The molecule has 0 fully saturated rings. The predicted molar refractivity (Wildman–Crippen MR) is 28.9 cm³/mol. The van der Waals surface area contributed by atoms with E-state index in [1.807, 2.05) is 0 Å². The largest absolute Gasteiger partial charge is 0.370 e. The molecule has 0 rings (SSSR count). The molecule has 7 nitrogen and oxygen atoms in total. The summed E-state index contributed by atoms with van der Waals surface area (Å²) in [4.78, 5) is 0. The van der Waals surface area contributed by atoms with Gasteiger partial charge in [-0.3, -0.25) is 10.3 Å². The first kappa shape index (κ1) is 9.75. The van der Waals surface area contributed by atoms with Crippen LogP contribution in [0.2, 0.25) is 0 Å². The van der Waals surface area contributed by atoms with E-state index in [4.69, 9.17) is 19.9 Å². The van der Waals surface area contributed by atoms with Gasteiger partial charge in [0.25, 0.3) is 16.0 Å². The molecule has 0 spiro atoms. The van der Waals surface area contributed by atoms with Gasteiger partial charge in [-0.05, 0) is 0 Å². The first-order chi connectivity index (χ1) is 4.15. The van der Waals surface area contributed by atoms with Crippen molar-refractivity contribution in [1.82, 2.24) is 0 Å². The van der Waals surface area contributed by atoms with Gasteiger partial charge in [0.05, 0.1) is 0 Å². The highest BCUT2D eigenvalue weighted by Gasteiger charge is 2.38. The lowest BCUT2D eigenvalue weighted by atomic mass is 10.5. The minimum absolute atomic E-state index is 2.82. The molecule has 0 heterocycles. The average molecular weight is 173 g/mol. The van der Waals surface area contributed by atoms with Crippen molar-refractivity contribution in [2.24, 2.45) is 5.73 Å². The number of hydrogen-bond donors (Lipinski definition) is 5. The van der Waals surface area contributed by atoms with E-state index in [1.54, 1.807) is 0 Å². The molecular formula is C2H7NO6S. The van der Waals surface area contributed by atoms with Crippen LogP contribution in [0.25, 0.3) is 0 Å². The summed E-state index contributed by atoms with van der Waals surface area (Å²) in [7, 11) is -4.93. The second-order valence-electron chi connectivity index (χ2n) is 1.65. The number of hydrogen-bond acceptors (Lipinski definition) is 6. The minimum Gasteiger partial charge on any atom is -0.370 e. The fourth-order valence-corrected chi connectivity index (χ4v) is 0.658. The summed E-state index contributed by atoms with van der Waals surface area (Å²) < 4.78 is 27.7. The molecule has 1 atom stereocenters. The topological polar surface area (TPSA) is 141 Å². The van der Waals surface area contributed by atoms with E-state index in [0.29, 0.717) is 0 Å². The third kappa shape index (κ3) is 2.56. The van der Waals surface area contributed by atoms with Crippen LogP contribution in [0, 0.1) is 0 Å². The lowest BCUT2D eigenvalue weighted by Gasteiger charge is -2.18. The molecule has 0 bridgehead atoms. The van der Waals surface area contributed by atoms with Crippen LogP contribution in [0.1, 0.15) is 0 Å². The van der Waals surface area contributed by atoms with Gasteiger partial charge in [0.15, 0.2) is 0 Å². The number of nitrogens with two attached hydrogens (primary N) is 1. The molecule has 0 aliphatic rings. The summed E-state index contributed by atoms with van der Waals surface area (Å²) in [6.45, 7) is 0. The quantitative estimate of drug-likeness (QED) is 0.218. The minimum atomic E-state index is -4.93. The van der Waals surface area contributed by atoms with Gasteiger partial charge in [-0.2, -0.15) is 8.42 Å².